The van der Waals surface area contributed by atoms with Crippen LogP contribution in [0.1, 0.15) is 16.7 Å². The van der Waals surface area contributed by atoms with Crippen LogP contribution >= 0.6 is 0 Å². The molecular formula is C22H20N6O6. The molecule has 0 atom stereocenters. The molecule has 2 N–H and O–H groups in total. The summed E-state index contributed by atoms with van der Waals surface area (Å²) in [4.78, 5) is 54.3. The number of nitrogens with zero attached hydrogens (tertiary/aromatic N) is 5. The summed E-state index contributed by atoms with van der Waals surface area (Å²) in [5, 5.41) is 22.4. The van der Waals surface area contributed by atoms with Crippen molar-refractivity contribution < 1.29 is 10.0 Å². The van der Waals surface area contributed by atoms with Crippen molar-refractivity contribution >= 4 is 28.6 Å². The van der Waals surface area contributed by atoms with Crippen LogP contribution in [0.4, 0.5) is 11.4 Å². The molecule has 0 aliphatic rings. The van der Waals surface area contributed by atoms with Crippen molar-refractivity contribution in [2.45, 2.75) is 13.8 Å². The number of H-pyrrole nitrogens is 1. The first-order valence-corrected chi connectivity index (χ1v) is 10.0. The average molecular weight is 464 g/mol. The molecule has 0 unspecified atom stereocenters. The summed E-state index contributed by atoms with van der Waals surface area (Å²) in [5.74, 6) is -0.665. The predicted molar refractivity (Wildman–Crippen MR) is 126 cm³/mol. The molecule has 34 heavy (non-hydrogen) atoms. The van der Waals surface area contributed by atoms with Crippen molar-refractivity contribution in [1.82, 2.24) is 18.7 Å². The SMILES string of the molecule is Cc1ccc(C)c(-n2c(O)c(C=Nc3cc4c(cc3[N+](=O)[O-])n(C)c(=O)n4C)c(=O)[nH]c2=O)c1. The average Bonchev–Trinajstić information content (AvgIpc) is 2.98. The highest BCUT2D eigenvalue weighted by molar-refractivity contribution is 5.89. The normalized spacial score (nSPS) is 11.5. The fourth-order valence-corrected chi connectivity index (χ4v) is 3.75. The van der Waals surface area contributed by atoms with E-state index in [4.69, 9.17) is 0 Å². The molecule has 0 radical (unpaired) electrons. The summed E-state index contributed by atoms with van der Waals surface area (Å²) < 4.78 is 3.51. The number of fused-ring (bicyclic) bond motifs is 1. The van der Waals surface area contributed by atoms with Crippen LogP contribution in [0, 0.1) is 24.0 Å². The predicted octanol–water partition coefficient (Wildman–Crippen LogP) is 1.70. The van der Waals surface area contributed by atoms with E-state index in [0.717, 1.165) is 16.3 Å². The number of hydrogen-bond acceptors (Lipinski definition) is 7. The number of imidazole rings is 1. The van der Waals surface area contributed by atoms with Gasteiger partial charge in [0.05, 0.1) is 21.6 Å². The van der Waals surface area contributed by atoms with Crippen LogP contribution in [0.3, 0.4) is 0 Å². The van der Waals surface area contributed by atoms with Gasteiger partial charge in [-0.2, -0.15) is 0 Å². The Morgan fingerprint density at radius 2 is 1.71 bits per heavy atom. The second-order valence-corrected chi connectivity index (χ2v) is 7.87. The van der Waals surface area contributed by atoms with E-state index in [2.05, 4.69) is 9.98 Å². The summed E-state index contributed by atoms with van der Waals surface area (Å²) in [5.41, 5.74) is -0.452. The monoisotopic (exact) mass is 464 g/mol. The van der Waals surface area contributed by atoms with Crippen molar-refractivity contribution in [3.63, 3.8) is 0 Å². The van der Waals surface area contributed by atoms with Crippen LogP contribution in [0.25, 0.3) is 16.7 Å². The van der Waals surface area contributed by atoms with E-state index in [0.29, 0.717) is 22.3 Å². The largest absolute Gasteiger partial charge is 0.493 e. The molecule has 2 aromatic heterocycles. The number of nitrogens with one attached hydrogen (secondary N) is 1. The fraction of sp³-hybridized carbons (Fsp3) is 0.182. The molecule has 0 fully saturated rings. The van der Waals surface area contributed by atoms with Gasteiger partial charge in [-0.05, 0) is 37.1 Å². The van der Waals surface area contributed by atoms with Crippen molar-refractivity contribution in [2.24, 2.45) is 19.1 Å². The fourth-order valence-electron chi connectivity index (χ4n) is 3.75. The Bertz CT molecular complexity index is 1700. The van der Waals surface area contributed by atoms with Gasteiger partial charge in [0.1, 0.15) is 11.3 Å². The van der Waals surface area contributed by atoms with Crippen LogP contribution in [-0.2, 0) is 14.1 Å². The molecule has 12 nitrogen and oxygen atoms in total. The van der Waals surface area contributed by atoms with Crippen LogP contribution in [0.15, 0.2) is 49.7 Å². The van der Waals surface area contributed by atoms with E-state index in [1.54, 1.807) is 19.1 Å². The Morgan fingerprint density at radius 1 is 1.06 bits per heavy atom. The lowest BCUT2D eigenvalue weighted by atomic mass is 10.1. The van der Waals surface area contributed by atoms with Crippen molar-refractivity contribution in [2.75, 3.05) is 0 Å². The second kappa shape index (κ2) is 7.99. The minimum absolute atomic E-state index is 0.137. The third-order valence-electron chi connectivity index (χ3n) is 5.62. The van der Waals surface area contributed by atoms with Crippen LogP contribution < -0.4 is 16.9 Å². The van der Waals surface area contributed by atoms with Crippen LogP contribution in [0.5, 0.6) is 5.88 Å². The zero-order chi connectivity index (χ0) is 24.9. The molecule has 0 amide bonds. The molecule has 2 heterocycles. The minimum Gasteiger partial charge on any atom is -0.493 e. The van der Waals surface area contributed by atoms with Gasteiger partial charge in [0.15, 0.2) is 0 Å². The van der Waals surface area contributed by atoms with Crippen molar-refractivity contribution in [3.05, 3.63) is 88.5 Å². The Kier molecular flexibility index (Phi) is 5.28. The summed E-state index contributed by atoms with van der Waals surface area (Å²) in [6.45, 7) is 3.55. The molecule has 0 saturated heterocycles. The first-order chi connectivity index (χ1) is 16.0. The lowest BCUT2D eigenvalue weighted by Gasteiger charge is -2.12. The summed E-state index contributed by atoms with van der Waals surface area (Å²) in [7, 11) is 3.01. The van der Waals surface area contributed by atoms with Gasteiger partial charge in [0, 0.05) is 26.4 Å². The Hall–Kier alpha value is -4.74. The van der Waals surface area contributed by atoms with Gasteiger partial charge < -0.3 is 5.11 Å². The zero-order valence-electron chi connectivity index (χ0n) is 18.7. The molecule has 0 aliphatic heterocycles. The summed E-state index contributed by atoms with van der Waals surface area (Å²) in [6.07, 6.45) is 0.949. The highest BCUT2D eigenvalue weighted by atomic mass is 16.6. The lowest BCUT2D eigenvalue weighted by Crippen LogP contribution is -2.31. The van der Waals surface area contributed by atoms with E-state index < -0.39 is 27.7 Å². The lowest BCUT2D eigenvalue weighted by molar-refractivity contribution is -0.383. The van der Waals surface area contributed by atoms with E-state index >= 15 is 0 Å². The molecule has 4 rings (SSSR count). The number of benzene rings is 2. The van der Waals surface area contributed by atoms with Gasteiger partial charge in [0.25, 0.3) is 11.2 Å². The van der Waals surface area contributed by atoms with E-state index in [-0.39, 0.29) is 16.9 Å². The molecule has 12 heteroatoms. The van der Waals surface area contributed by atoms with E-state index in [1.807, 2.05) is 13.0 Å². The van der Waals surface area contributed by atoms with Gasteiger partial charge >= 0.3 is 11.4 Å². The number of nitro benzene ring substituents is 1. The first kappa shape index (κ1) is 22.5. The molecular weight excluding hydrogens is 444 g/mol. The maximum absolute atomic E-state index is 12.5. The number of aromatic amines is 1. The number of aliphatic imine (C=N–C) groups is 1. The molecule has 2 aromatic carbocycles. The van der Waals surface area contributed by atoms with Crippen molar-refractivity contribution in [3.8, 4) is 11.6 Å². The summed E-state index contributed by atoms with van der Waals surface area (Å²) >= 11 is 0. The Labute approximate surface area is 190 Å². The molecule has 174 valence electrons. The minimum atomic E-state index is -0.913. The molecule has 0 spiro atoms. The van der Waals surface area contributed by atoms with E-state index in [9.17, 15) is 29.6 Å². The number of rotatable bonds is 4. The Morgan fingerprint density at radius 3 is 2.35 bits per heavy atom. The molecule has 4 aromatic rings. The maximum atomic E-state index is 12.5. The third kappa shape index (κ3) is 3.50. The first-order valence-electron chi connectivity index (χ1n) is 10.0. The number of aromatic hydroxyl groups is 1. The molecule has 0 saturated carbocycles. The highest BCUT2D eigenvalue weighted by Crippen LogP contribution is 2.32. The van der Waals surface area contributed by atoms with Crippen molar-refractivity contribution in [1.29, 1.82) is 0 Å². The van der Waals surface area contributed by atoms with Gasteiger partial charge in [-0.25, -0.2) is 19.1 Å². The Balaban J connectivity index is 1.94. The quantitative estimate of drug-likeness (QED) is 0.266. The second-order valence-electron chi connectivity index (χ2n) is 7.87. The van der Waals surface area contributed by atoms with Gasteiger partial charge in [-0.3, -0.25) is 29.0 Å². The third-order valence-corrected chi connectivity index (χ3v) is 5.62. The van der Waals surface area contributed by atoms with Gasteiger partial charge in [0.2, 0.25) is 5.88 Å². The summed E-state index contributed by atoms with van der Waals surface area (Å²) in [6, 6.07) is 7.82. The van der Waals surface area contributed by atoms with Crippen LogP contribution in [-0.4, -0.2) is 34.9 Å². The smallest absolute Gasteiger partial charge is 0.335 e. The van der Waals surface area contributed by atoms with Crippen LogP contribution in [0.2, 0.25) is 0 Å². The van der Waals surface area contributed by atoms with Gasteiger partial charge in [-0.15, -0.1) is 0 Å². The molecule has 0 bridgehead atoms. The molecule has 0 aliphatic carbocycles. The zero-order valence-corrected chi connectivity index (χ0v) is 18.7. The maximum Gasteiger partial charge on any atom is 0.335 e. The standard InChI is InChI=1S/C22H20N6O6/c1-11-5-6-12(2)15(7-11)27-20(30)13(19(29)24-21(27)31)10-23-14-8-17-18(9-16(14)28(33)34)26(4)22(32)25(17)3/h5-10,30H,1-4H3,(H,24,29,31). The topological polar surface area (TPSA) is 158 Å². The number of nitro groups is 1. The highest BCUT2D eigenvalue weighted by Gasteiger charge is 2.20. The van der Waals surface area contributed by atoms with Gasteiger partial charge in [-0.1, -0.05) is 12.1 Å². The van der Waals surface area contributed by atoms with E-state index in [1.165, 1.54) is 35.4 Å². The number of hydrogen-bond donors (Lipinski definition) is 2. The number of aromatic nitrogens is 4. The number of aryl methyl sites for hydroxylation is 4.